The second-order valence-corrected chi connectivity index (χ2v) is 6.81. The van der Waals surface area contributed by atoms with Crippen LogP contribution in [0.2, 0.25) is 0 Å². The number of amides is 2. The molecule has 0 aliphatic carbocycles. The number of aryl methyl sites for hydroxylation is 2. The van der Waals surface area contributed by atoms with Crippen molar-refractivity contribution in [3.8, 4) is 0 Å². The lowest BCUT2D eigenvalue weighted by molar-refractivity contribution is -0.150. The van der Waals surface area contributed by atoms with Gasteiger partial charge in [-0.05, 0) is 19.8 Å². The molecule has 1 saturated heterocycles. The van der Waals surface area contributed by atoms with Gasteiger partial charge in [0.25, 0.3) is 0 Å². The number of hydrogen-bond donors (Lipinski definition) is 0. The Balaban J connectivity index is 1.99. The number of rotatable bonds is 6. The topological polar surface area (TPSA) is 53.5 Å². The van der Waals surface area contributed by atoms with Gasteiger partial charge in [-0.3, -0.25) is 9.59 Å². The van der Waals surface area contributed by atoms with E-state index in [1.807, 2.05) is 19.5 Å². The molecule has 1 aliphatic heterocycles. The molecular formula is C16H25N3O2S. The molecule has 1 aromatic heterocycles. The lowest BCUT2D eigenvalue weighted by Crippen LogP contribution is -2.57. The molecule has 2 amide bonds. The zero-order chi connectivity index (χ0) is 16.1. The van der Waals surface area contributed by atoms with Crippen LogP contribution in [0.15, 0.2) is 5.51 Å². The van der Waals surface area contributed by atoms with E-state index >= 15 is 0 Å². The average molecular weight is 323 g/mol. The van der Waals surface area contributed by atoms with Crippen molar-refractivity contribution >= 4 is 23.2 Å². The summed E-state index contributed by atoms with van der Waals surface area (Å²) in [6, 6.07) is -0.270. The van der Waals surface area contributed by atoms with E-state index in [-0.39, 0.29) is 17.9 Å². The molecule has 1 aliphatic rings. The number of thiazole rings is 1. The van der Waals surface area contributed by atoms with Crippen LogP contribution in [-0.4, -0.2) is 52.8 Å². The summed E-state index contributed by atoms with van der Waals surface area (Å²) in [4.78, 5) is 33.9. The fourth-order valence-electron chi connectivity index (χ4n) is 2.82. The van der Waals surface area contributed by atoms with Crippen LogP contribution in [0, 0.1) is 6.92 Å². The Morgan fingerprint density at radius 3 is 2.86 bits per heavy atom. The average Bonchev–Trinajstić information content (AvgIpc) is 2.91. The number of hydrogen-bond acceptors (Lipinski definition) is 4. The van der Waals surface area contributed by atoms with Crippen molar-refractivity contribution in [2.45, 2.75) is 52.0 Å². The molecule has 0 bridgehead atoms. The molecule has 1 aromatic rings. The quantitative estimate of drug-likeness (QED) is 0.807. The normalized spacial score (nSPS) is 18.9. The Bertz CT molecular complexity index is 529. The standard InChI is InChI=1S/C16H25N3O2S/c1-4-5-6-13-16(21)18(3)9-10-19(13)15(20)8-7-14-12(2)17-11-22-14/h11,13H,4-10H2,1-3H3. The maximum Gasteiger partial charge on any atom is 0.245 e. The molecule has 0 saturated carbocycles. The number of unbranched alkanes of at least 4 members (excludes halogenated alkanes) is 1. The van der Waals surface area contributed by atoms with Gasteiger partial charge < -0.3 is 9.80 Å². The minimum absolute atomic E-state index is 0.0852. The van der Waals surface area contributed by atoms with Gasteiger partial charge in [-0.2, -0.15) is 0 Å². The van der Waals surface area contributed by atoms with Crippen molar-refractivity contribution < 1.29 is 9.59 Å². The Morgan fingerprint density at radius 1 is 1.45 bits per heavy atom. The lowest BCUT2D eigenvalue weighted by atomic mass is 10.0. The minimum Gasteiger partial charge on any atom is -0.342 e. The van der Waals surface area contributed by atoms with E-state index < -0.39 is 0 Å². The lowest BCUT2D eigenvalue weighted by Gasteiger charge is -2.39. The van der Waals surface area contributed by atoms with Crippen molar-refractivity contribution in [2.75, 3.05) is 20.1 Å². The molecule has 0 N–H and O–H groups in total. The van der Waals surface area contributed by atoms with E-state index in [4.69, 9.17) is 0 Å². The van der Waals surface area contributed by atoms with E-state index in [2.05, 4.69) is 11.9 Å². The monoisotopic (exact) mass is 323 g/mol. The molecule has 2 rings (SSSR count). The van der Waals surface area contributed by atoms with Gasteiger partial charge in [0.15, 0.2) is 0 Å². The number of nitrogens with zero attached hydrogens (tertiary/aromatic N) is 3. The van der Waals surface area contributed by atoms with Crippen molar-refractivity contribution in [1.29, 1.82) is 0 Å². The molecule has 122 valence electrons. The highest BCUT2D eigenvalue weighted by molar-refractivity contribution is 7.09. The third kappa shape index (κ3) is 3.85. The summed E-state index contributed by atoms with van der Waals surface area (Å²) in [6.45, 7) is 5.36. The van der Waals surface area contributed by atoms with Gasteiger partial charge >= 0.3 is 0 Å². The van der Waals surface area contributed by atoms with Gasteiger partial charge in [-0.25, -0.2) is 4.98 Å². The second kappa shape index (κ2) is 7.72. The van der Waals surface area contributed by atoms with Crippen LogP contribution in [0.25, 0.3) is 0 Å². The van der Waals surface area contributed by atoms with Gasteiger partial charge in [0, 0.05) is 31.4 Å². The maximum absolute atomic E-state index is 12.6. The highest BCUT2D eigenvalue weighted by Crippen LogP contribution is 2.19. The summed E-state index contributed by atoms with van der Waals surface area (Å²) in [6.07, 6.45) is 3.96. The summed E-state index contributed by atoms with van der Waals surface area (Å²) >= 11 is 1.60. The number of piperazine rings is 1. The minimum atomic E-state index is -0.270. The summed E-state index contributed by atoms with van der Waals surface area (Å²) in [7, 11) is 1.82. The Kier molecular flexibility index (Phi) is 5.94. The first-order chi connectivity index (χ1) is 10.5. The molecular weight excluding hydrogens is 298 g/mol. The third-order valence-corrected chi connectivity index (χ3v) is 5.27. The van der Waals surface area contributed by atoms with Gasteiger partial charge in [0.2, 0.25) is 11.8 Å². The number of carbonyl (C=O) groups excluding carboxylic acids is 2. The SMILES string of the molecule is CCCCC1C(=O)N(C)CCN1C(=O)CCc1scnc1C. The van der Waals surface area contributed by atoms with E-state index in [9.17, 15) is 9.59 Å². The van der Waals surface area contributed by atoms with Gasteiger partial charge in [0.1, 0.15) is 6.04 Å². The Morgan fingerprint density at radius 2 is 2.23 bits per heavy atom. The Labute approximate surface area is 136 Å². The van der Waals surface area contributed by atoms with E-state index in [1.165, 1.54) is 4.88 Å². The Hall–Kier alpha value is -1.43. The molecule has 5 nitrogen and oxygen atoms in total. The zero-order valence-corrected chi connectivity index (χ0v) is 14.5. The smallest absolute Gasteiger partial charge is 0.245 e. The van der Waals surface area contributed by atoms with Gasteiger partial charge in [0.05, 0.1) is 11.2 Å². The van der Waals surface area contributed by atoms with E-state index in [0.29, 0.717) is 19.5 Å². The predicted molar refractivity (Wildman–Crippen MR) is 87.8 cm³/mol. The number of likely N-dealkylation sites (N-methyl/N-ethyl adjacent to an activating group) is 1. The molecule has 1 fully saturated rings. The van der Waals surface area contributed by atoms with Crippen molar-refractivity contribution in [2.24, 2.45) is 0 Å². The number of carbonyl (C=O) groups is 2. The summed E-state index contributed by atoms with van der Waals surface area (Å²) in [5.41, 5.74) is 2.83. The second-order valence-electron chi connectivity index (χ2n) is 5.87. The van der Waals surface area contributed by atoms with Crippen LogP contribution in [0.5, 0.6) is 0 Å². The summed E-state index contributed by atoms with van der Waals surface area (Å²) < 4.78 is 0. The summed E-state index contributed by atoms with van der Waals surface area (Å²) in [5.74, 6) is 0.178. The van der Waals surface area contributed by atoms with E-state index in [0.717, 1.165) is 31.4 Å². The van der Waals surface area contributed by atoms with Gasteiger partial charge in [-0.15, -0.1) is 11.3 Å². The molecule has 22 heavy (non-hydrogen) atoms. The van der Waals surface area contributed by atoms with Crippen LogP contribution < -0.4 is 0 Å². The molecule has 6 heteroatoms. The first kappa shape index (κ1) is 16.9. The van der Waals surface area contributed by atoms with Crippen LogP contribution >= 0.6 is 11.3 Å². The van der Waals surface area contributed by atoms with Crippen molar-refractivity contribution in [1.82, 2.24) is 14.8 Å². The predicted octanol–water partition coefficient (Wildman–Crippen LogP) is 2.24. The molecule has 1 unspecified atom stereocenters. The number of aromatic nitrogens is 1. The molecule has 0 spiro atoms. The van der Waals surface area contributed by atoms with Crippen LogP contribution in [0.1, 0.15) is 43.2 Å². The fourth-order valence-corrected chi connectivity index (χ4v) is 3.60. The first-order valence-corrected chi connectivity index (χ1v) is 8.86. The zero-order valence-electron chi connectivity index (χ0n) is 13.7. The van der Waals surface area contributed by atoms with Crippen molar-refractivity contribution in [3.63, 3.8) is 0 Å². The van der Waals surface area contributed by atoms with Crippen LogP contribution in [0.3, 0.4) is 0 Å². The third-order valence-electron chi connectivity index (χ3n) is 4.28. The van der Waals surface area contributed by atoms with Gasteiger partial charge in [-0.1, -0.05) is 19.8 Å². The fraction of sp³-hybridized carbons (Fsp3) is 0.688. The van der Waals surface area contributed by atoms with Crippen LogP contribution in [0.4, 0.5) is 0 Å². The highest BCUT2D eigenvalue weighted by atomic mass is 32.1. The maximum atomic E-state index is 12.6. The largest absolute Gasteiger partial charge is 0.342 e. The highest BCUT2D eigenvalue weighted by Gasteiger charge is 2.34. The van der Waals surface area contributed by atoms with Crippen LogP contribution in [-0.2, 0) is 16.0 Å². The molecule has 2 heterocycles. The van der Waals surface area contributed by atoms with E-state index in [1.54, 1.807) is 21.1 Å². The molecule has 0 radical (unpaired) electrons. The molecule has 1 atom stereocenters. The first-order valence-electron chi connectivity index (χ1n) is 7.98. The molecule has 0 aromatic carbocycles. The summed E-state index contributed by atoms with van der Waals surface area (Å²) in [5, 5.41) is 0. The van der Waals surface area contributed by atoms with Crippen molar-refractivity contribution in [3.05, 3.63) is 16.1 Å².